The van der Waals surface area contributed by atoms with Crippen molar-refractivity contribution in [2.45, 2.75) is 43.5 Å². The number of rotatable bonds is 4. The molecule has 1 N–H and O–H groups in total. The molecule has 3 rings (SSSR count). The molecule has 0 aromatic heterocycles. The first-order valence-electron chi connectivity index (χ1n) is 7.42. The van der Waals surface area contributed by atoms with E-state index >= 15 is 0 Å². The second-order valence-electron chi connectivity index (χ2n) is 6.50. The smallest absolute Gasteiger partial charge is 0.185 e. The Balaban J connectivity index is 2.17. The average molecular weight is 422 g/mol. The lowest BCUT2D eigenvalue weighted by Gasteiger charge is -2.53. The van der Waals surface area contributed by atoms with Crippen LogP contribution in [0.25, 0.3) is 0 Å². The zero-order valence-corrected chi connectivity index (χ0v) is 15.7. The summed E-state index contributed by atoms with van der Waals surface area (Å²) in [5, 5.41) is 11.2. The van der Waals surface area contributed by atoms with Gasteiger partial charge in [-0.05, 0) is 32.1 Å². The molecule has 0 heterocycles. The summed E-state index contributed by atoms with van der Waals surface area (Å²) in [7, 11) is 3.43. The van der Waals surface area contributed by atoms with Crippen LogP contribution in [-0.4, -0.2) is 30.7 Å². The molecule has 2 bridgehead atoms. The van der Waals surface area contributed by atoms with Crippen LogP contribution in [0.1, 0.15) is 32.1 Å². The van der Waals surface area contributed by atoms with E-state index in [4.69, 9.17) is 9.47 Å². The Morgan fingerprint density at radius 2 is 2.00 bits per heavy atom. The van der Waals surface area contributed by atoms with Crippen LogP contribution >= 0.6 is 31.9 Å². The summed E-state index contributed by atoms with van der Waals surface area (Å²) in [6, 6.07) is 0. The Bertz CT molecular complexity index is 500. The van der Waals surface area contributed by atoms with Crippen LogP contribution in [0.2, 0.25) is 0 Å². The second-order valence-corrected chi connectivity index (χ2v) is 8.15. The highest BCUT2D eigenvalue weighted by molar-refractivity contribution is 9.14. The third-order valence-electron chi connectivity index (χ3n) is 5.99. The van der Waals surface area contributed by atoms with Gasteiger partial charge in [0.25, 0.3) is 0 Å². The van der Waals surface area contributed by atoms with Crippen molar-refractivity contribution < 1.29 is 14.6 Å². The molecule has 0 saturated heterocycles. The largest absolute Gasteiger partial charge is 0.389 e. The van der Waals surface area contributed by atoms with Crippen molar-refractivity contribution in [3.63, 3.8) is 0 Å². The topological polar surface area (TPSA) is 38.7 Å². The van der Waals surface area contributed by atoms with Gasteiger partial charge in [0.05, 0.1) is 11.0 Å². The van der Waals surface area contributed by atoms with Gasteiger partial charge in [0.1, 0.15) is 0 Å². The molecule has 2 saturated carbocycles. The molecule has 21 heavy (non-hydrogen) atoms. The molecule has 0 amide bonds. The summed E-state index contributed by atoms with van der Waals surface area (Å²) in [6.07, 6.45) is 6.07. The zero-order chi connectivity index (χ0) is 15.5. The number of aliphatic hydroxyl groups is 1. The van der Waals surface area contributed by atoms with Crippen LogP contribution < -0.4 is 0 Å². The van der Waals surface area contributed by atoms with E-state index < -0.39 is 11.4 Å². The molecule has 3 aliphatic rings. The average Bonchev–Trinajstić information content (AvgIpc) is 2.86. The number of methoxy groups -OCH3 is 2. The minimum Gasteiger partial charge on any atom is -0.389 e. The fraction of sp³-hybridized carbons (Fsp3) is 0.750. The molecular formula is C16H22Br2O3. The van der Waals surface area contributed by atoms with Crippen LogP contribution in [0.5, 0.6) is 0 Å². The predicted octanol–water partition coefficient (Wildman–Crippen LogP) is 4.10. The fourth-order valence-corrected chi connectivity index (χ4v) is 7.17. The molecular weight excluding hydrogens is 400 g/mol. The second kappa shape index (κ2) is 5.17. The summed E-state index contributed by atoms with van der Waals surface area (Å²) in [5.74, 6) is -0.441. The lowest BCUT2D eigenvalue weighted by Crippen LogP contribution is -2.57. The molecule has 2 fully saturated rings. The molecule has 0 aliphatic heterocycles. The Morgan fingerprint density at radius 1 is 1.33 bits per heavy atom. The molecule has 0 radical (unpaired) electrons. The molecule has 0 unspecified atom stereocenters. The van der Waals surface area contributed by atoms with Gasteiger partial charge in [0.15, 0.2) is 5.79 Å². The van der Waals surface area contributed by atoms with Crippen molar-refractivity contribution in [3.05, 3.63) is 21.6 Å². The maximum Gasteiger partial charge on any atom is 0.185 e. The molecule has 3 aliphatic carbocycles. The van der Waals surface area contributed by atoms with Gasteiger partial charge in [-0.25, -0.2) is 0 Å². The normalized spacial score (nSPS) is 44.0. The van der Waals surface area contributed by atoms with E-state index in [9.17, 15) is 5.11 Å². The monoisotopic (exact) mass is 420 g/mol. The van der Waals surface area contributed by atoms with E-state index in [1.807, 2.05) is 6.08 Å². The van der Waals surface area contributed by atoms with E-state index in [1.165, 1.54) is 0 Å². The summed E-state index contributed by atoms with van der Waals surface area (Å²) >= 11 is 7.51. The van der Waals surface area contributed by atoms with Gasteiger partial charge in [0, 0.05) is 35.0 Å². The van der Waals surface area contributed by atoms with E-state index in [1.54, 1.807) is 14.2 Å². The first-order chi connectivity index (χ1) is 9.93. The van der Waals surface area contributed by atoms with Crippen molar-refractivity contribution in [2.24, 2.45) is 17.3 Å². The minimum atomic E-state index is -0.718. The van der Waals surface area contributed by atoms with E-state index in [-0.39, 0.29) is 17.3 Å². The summed E-state index contributed by atoms with van der Waals surface area (Å²) in [6.45, 7) is 3.83. The van der Waals surface area contributed by atoms with Gasteiger partial charge in [-0.15, -0.1) is 6.58 Å². The first-order valence-corrected chi connectivity index (χ1v) is 9.01. The van der Waals surface area contributed by atoms with Gasteiger partial charge in [-0.2, -0.15) is 0 Å². The van der Waals surface area contributed by atoms with Gasteiger partial charge in [-0.3, -0.25) is 0 Å². The molecule has 5 heteroatoms. The van der Waals surface area contributed by atoms with Crippen molar-refractivity contribution in [2.75, 3.05) is 14.2 Å². The van der Waals surface area contributed by atoms with Gasteiger partial charge in [-0.1, -0.05) is 37.9 Å². The number of fused-ring (bicyclic) bond motifs is 1. The van der Waals surface area contributed by atoms with Crippen LogP contribution in [0.3, 0.4) is 0 Å². The summed E-state index contributed by atoms with van der Waals surface area (Å²) in [4.78, 5) is 0. The Kier molecular flexibility index (Phi) is 3.98. The molecule has 4 atom stereocenters. The molecule has 118 valence electrons. The standard InChI is InChI=1S/C16H22Br2O3/c1-4-6-14(19)7-5-8-15-11(14)9-10(12(17)13(15)18)16(15,20-2)21-3/h4,10-11,19H,1,5-9H2,2-3H3/t10-,11+,14-,15+/m0/s1. The highest BCUT2D eigenvalue weighted by atomic mass is 79.9. The van der Waals surface area contributed by atoms with E-state index in [2.05, 4.69) is 38.4 Å². The number of hydrogen-bond donors (Lipinski definition) is 1. The minimum absolute atomic E-state index is 0.123. The highest BCUT2D eigenvalue weighted by Crippen LogP contribution is 2.75. The number of hydrogen-bond acceptors (Lipinski definition) is 3. The first kappa shape index (κ1) is 16.2. The van der Waals surface area contributed by atoms with Crippen molar-refractivity contribution in [1.82, 2.24) is 0 Å². The molecule has 1 spiro atoms. The fourth-order valence-electron chi connectivity index (χ4n) is 5.30. The predicted molar refractivity (Wildman–Crippen MR) is 89.3 cm³/mol. The maximum atomic E-state index is 11.2. The van der Waals surface area contributed by atoms with Gasteiger partial charge >= 0.3 is 0 Å². The lowest BCUT2D eigenvalue weighted by atomic mass is 9.59. The van der Waals surface area contributed by atoms with Crippen LogP contribution in [-0.2, 0) is 9.47 Å². The quantitative estimate of drug-likeness (QED) is 0.548. The van der Waals surface area contributed by atoms with Crippen molar-refractivity contribution >= 4 is 31.9 Å². The Labute approximate surface area is 143 Å². The zero-order valence-electron chi connectivity index (χ0n) is 12.5. The van der Waals surface area contributed by atoms with Gasteiger partial charge < -0.3 is 14.6 Å². The molecule has 0 aromatic carbocycles. The van der Waals surface area contributed by atoms with Gasteiger partial charge in [0.2, 0.25) is 0 Å². The Morgan fingerprint density at radius 3 is 2.57 bits per heavy atom. The van der Waals surface area contributed by atoms with Crippen LogP contribution in [0, 0.1) is 17.3 Å². The lowest BCUT2D eigenvalue weighted by molar-refractivity contribution is -0.278. The van der Waals surface area contributed by atoms with E-state index in [0.717, 1.165) is 34.6 Å². The van der Waals surface area contributed by atoms with Crippen molar-refractivity contribution in [1.29, 1.82) is 0 Å². The van der Waals surface area contributed by atoms with Crippen LogP contribution in [0.4, 0.5) is 0 Å². The van der Waals surface area contributed by atoms with E-state index in [0.29, 0.717) is 6.42 Å². The third-order valence-corrected chi connectivity index (χ3v) is 8.60. The van der Waals surface area contributed by atoms with Crippen LogP contribution in [0.15, 0.2) is 21.6 Å². The number of ether oxygens (including phenoxy) is 2. The highest BCUT2D eigenvalue weighted by Gasteiger charge is 2.76. The van der Waals surface area contributed by atoms with Crippen molar-refractivity contribution in [3.8, 4) is 0 Å². The maximum absolute atomic E-state index is 11.2. The Hall–Kier alpha value is 0.320. The SMILES string of the molecule is C=CC[C@]1(O)CCC[C@]23C(Br)=C(Br)[C@H](C[C@H]12)C3(OC)OC. The third kappa shape index (κ3) is 1.70. The summed E-state index contributed by atoms with van der Waals surface area (Å²) in [5.41, 5.74) is -1.03. The summed E-state index contributed by atoms with van der Waals surface area (Å²) < 4.78 is 14.1. The molecule has 0 aromatic rings. The molecule has 3 nitrogen and oxygen atoms in total. The number of halogens is 2.